The molecule has 0 aliphatic carbocycles. The Kier molecular flexibility index (Phi) is 3.90. The normalized spacial score (nSPS) is 29.8. The zero-order chi connectivity index (χ0) is 17.9. The van der Waals surface area contributed by atoms with Crippen molar-refractivity contribution in [1.29, 1.82) is 0 Å². The molecule has 8 heteroatoms. The zero-order valence-electron chi connectivity index (χ0n) is 14.7. The lowest BCUT2D eigenvalue weighted by atomic mass is 9.70. The highest BCUT2D eigenvalue weighted by molar-refractivity contribution is 6.55. The van der Waals surface area contributed by atoms with E-state index in [4.69, 9.17) is 23.5 Å². The lowest BCUT2D eigenvalue weighted by molar-refractivity contribution is -0.139. The van der Waals surface area contributed by atoms with Crippen LogP contribution in [0.2, 0.25) is 0 Å². The van der Waals surface area contributed by atoms with E-state index in [1.807, 2.05) is 27.7 Å². The molecule has 1 saturated heterocycles. The fourth-order valence-electron chi connectivity index (χ4n) is 3.05. The Morgan fingerprint density at radius 1 is 1.00 bits per heavy atom. The molecule has 3 aliphatic rings. The number of rotatable bonds is 3. The van der Waals surface area contributed by atoms with Crippen molar-refractivity contribution >= 4 is 19.1 Å². The number of fused-ring (bicyclic) bond motifs is 2. The molecule has 0 N–H and O–H groups in total. The highest BCUT2D eigenvalue weighted by Gasteiger charge is 2.58. The average molecular weight is 336 g/mol. The first-order valence-electron chi connectivity index (χ1n) is 7.76. The van der Waals surface area contributed by atoms with Crippen LogP contribution in [0.5, 0.6) is 0 Å². The molecule has 0 aromatic rings. The molecule has 2 bridgehead atoms. The number of esters is 2. The van der Waals surface area contributed by atoms with E-state index in [1.165, 1.54) is 14.2 Å². The summed E-state index contributed by atoms with van der Waals surface area (Å²) in [5.74, 6) is -1.22. The van der Waals surface area contributed by atoms with Gasteiger partial charge in [0.05, 0.1) is 36.6 Å². The molecule has 0 aromatic heterocycles. The van der Waals surface area contributed by atoms with Crippen molar-refractivity contribution in [2.45, 2.75) is 51.1 Å². The van der Waals surface area contributed by atoms with E-state index in [2.05, 4.69) is 0 Å². The van der Waals surface area contributed by atoms with E-state index < -0.39 is 42.5 Å². The molecule has 0 spiro atoms. The predicted molar refractivity (Wildman–Crippen MR) is 83.9 cm³/mol. The molecule has 1 fully saturated rings. The SMILES string of the molecule is COC(=O)C1=C(C(=O)OC)[C@@H]2C=C(B3OC(C)(C)C(C)(C)O3)[C@H]1O2. The molecule has 0 amide bonds. The van der Waals surface area contributed by atoms with Gasteiger partial charge in [-0.15, -0.1) is 0 Å². The van der Waals surface area contributed by atoms with E-state index in [0.717, 1.165) is 0 Å². The zero-order valence-corrected chi connectivity index (χ0v) is 14.7. The average Bonchev–Trinajstić information content (AvgIpc) is 3.15. The molecule has 0 saturated carbocycles. The highest BCUT2D eigenvalue weighted by Crippen LogP contribution is 2.46. The fourth-order valence-corrected chi connectivity index (χ4v) is 3.05. The van der Waals surface area contributed by atoms with E-state index in [9.17, 15) is 9.59 Å². The summed E-state index contributed by atoms with van der Waals surface area (Å²) >= 11 is 0. The van der Waals surface area contributed by atoms with Gasteiger partial charge in [-0.25, -0.2) is 9.59 Å². The summed E-state index contributed by atoms with van der Waals surface area (Å²) in [6.45, 7) is 7.77. The second kappa shape index (κ2) is 5.44. The van der Waals surface area contributed by atoms with Gasteiger partial charge in [0, 0.05) is 0 Å². The Labute approximate surface area is 141 Å². The van der Waals surface area contributed by atoms with Crippen molar-refractivity contribution in [2.75, 3.05) is 14.2 Å². The van der Waals surface area contributed by atoms with Crippen LogP contribution in [0, 0.1) is 0 Å². The molecule has 7 nitrogen and oxygen atoms in total. The summed E-state index contributed by atoms with van der Waals surface area (Å²) in [6.07, 6.45) is 0.364. The van der Waals surface area contributed by atoms with E-state index in [-0.39, 0.29) is 11.1 Å². The third kappa shape index (κ3) is 2.32. The molecule has 130 valence electrons. The van der Waals surface area contributed by atoms with E-state index >= 15 is 0 Å². The van der Waals surface area contributed by atoms with Crippen molar-refractivity contribution in [2.24, 2.45) is 0 Å². The van der Waals surface area contributed by atoms with Crippen LogP contribution in [0.15, 0.2) is 22.7 Å². The number of hydrogen-bond donors (Lipinski definition) is 0. The standard InChI is InChI=1S/C16H21BO7/c1-15(2)16(3,4)24-17(23-15)8-7-9-10(13(18)20-5)11(12(8)22-9)14(19)21-6/h7,9,12H,1-6H3/t9-,12+/m0/s1. The second-order valence-electron chi connectivity index (χ2n) is 7.00. The molecular weight excluding hydrogens is 315 g/mol. The molecule has 3 rings (SSSR count). The van der Waals surface area contributed by atoms with Gasteiger partial charge in [-0.05, 0) is 33.2 Å². The molecule has 3 aliphatic heterocycles. The molecule has 3 heterocycles. The van der Waals surface area contributed by atoms with Crippen LogP contribution in [0.1, 0.15) is 27.7 Å². The van der Waals surface area contributed by atoms with Gasteiger partial charge in [0.1, 0.15) is 12.2 Å². The van der Waals surface area contributed by atoms with Crippen molar-refractivity contribution in [3.05, 3.63) is 22.7 Å². The van der Waals surface area contributed by atoms with Crippen molar-refractivity contribution in [3.8, 4) is 0 Å². The molecule has 2 atom stereocenters. The number of carbonyl (C=O) groups excluding carboxylic acids is 2. The highest BCUT2D eigenvalue weighted by atomic mass is 16.7. The Hall–Kier alpha value is -1.64. The van der Waals surface area contributed by atoms with Gasteiger partial charge in [-0.3, -0.25) is 0 Å². The van der Waals surface area contributed by atoms with Crippen molar-refractivity contribution < 1.29 is 33.1 Å². The summed E-state index contributed by atoms with van der Waals surface area (Å²) in [5, 5.41) is 0. The fraction of sp³-hybridized carbons (Fsp3) is 0.625. The Morgan fingerprint density at radius 2 is 1.50 bits per heavy atom. The summed E-state index contributed by atoms with van der Waals surface area (Å²) < 4.78 is 27.4. The summed E-state index contributed by atoms with van der Waals surface area (Å²) in [4.78, 5) is 24.2. The van der Waals surface area contributed by atoms with Gasteiger partial charge in [0.15, 0.2) is 0 Å². The maximum absolute atomic E-state index is 12.2. The number of hydrogen-bond acceptors (Lipinski definition) is 7. The predicted octanol–water partition coefficient (Wildman–Crippen LogP) is 0.968. The largest absolute Gasteiger partial charge is 0.493 e. The van der Waals surface area contributed by atoms with Gasteiger partial charge in [-0.2, -0.15) is 0 Å². The lowest BCUT2D eigenvalue weighted by Crippen LogP contribution is -2.41. The van der Waals surface area contributed by atoms with Crippen LogP contribution in [-0.2, 0) is 33.1 Å². The van der Waals surface area contributed by atoms with Gasteiger partial charge in [0.25, 0.3) is 0 Å². The quantitative estimate of drug-likeness (QED) is 0.561. The minimum absolute atomic E-state index is 0.154. The number of carbonyl (C=O) groups is 2. The van der Waals surface area contributed by atoms with Crippen LogP contribution in [0.25, 0.3) is 0 Å². The number of ether oxygens (including phenoxy) is 3. The van der Waals surface area contributed by atoms with Crippen LogP contribution < -0.4 is 0 Å². The molecule has 0 radical (unpaired) electrons. The lowest BCUT2D eigenvalue weighted by Gasteiger charge is -2.32. The van der Waals surface area contributed by atoms with Gasteiger partial charge >= 0.3 is 19.1 Å². The minimum Gasteiger partial charge on any atom is -0.466 e. The first-order valence-corrected chi connectivity index (χ1v) is 7.76. The number of methoxy groups -OCH3 is 2. The molecule has 0 aromatic carbocycles. The van der Waals surface area contributed by atoms with Gasteiger partial charge in [0.2, 0.25) is 0 Å². The second-order valence-corrected chi connectivity index (χ2v) is 7.00. The minimum atomic E-state index is -0.730. The van der Waals surface area contributed by atoms with E-state index in [0.29, 0.717) is 5.47 Å². The van der Waals surface area contributed by atoms with Crippen LogP contribution in [0.4, 0.5) is 0 Å². The smallest absolute Gasteiger partial charge is 0.466 e. The monoisotopic (exact) mass is 336 g/mol. The first-order chi connectivity index (χ1) is 11.1. The van der Waals surface area contributed by atoms with Crippen LogP contribution >= 0.6 is 0 Å². The summed E-state index contributed by atoms with van der Waals surface area (Å²) in [5.41, 5.74) is -0.0238. The Bertz CT molecular complexity index is 645. The van der Waals surface area contributed by atoms with Gasteiger partial charge in [-0.1, -0.05) is 6.08 Å². The maximum Gasteiger partial charge on any atom is 0.493 e. The van der Waals surface area contributed by atoms with E-state index in [1.54, 1.807) is 6.08 Å². The van der Waals surface area contributed by atoms with Crippen molar-refractivity contribution in [3.63, 3.8) is 0 Å². The molecular formula is C16H21BO7. The Balaban J connectivity index is 1.93. The maximum atomic E-state index is 12.2. The Morgan fingerprint density at radius 3 is 2.00 bits per heavy atom. The van der Waals surface area contributed by atoms with Crippen LogP contribution in [-0.4, -0.2) is 56.7 Å². The van der Waals surface area contributed by atoms with Crippen LogP contribution in [0.3, 0.4) is 0 Å². The van der Waals surface area contributed by atoms with Gasteiger partial charge < -0.3 is 23.5 Å². The molecule has 0 unspecified atom stereocenters. The molecule has 24 heavy (non-hydrogen) atoms. The summed E-state index contributed by atoms with van der Waals surface area (Å²) in [6, 6.07) is 0. The summed E-state index contributed by atoms with van der Waals surface area (Å²) in [7, 11) is 1.87. The third-order valence-electron chi connectivity index (χ3n) is 5.10. The third-order valence-corrected chi connectivity index (χ3v) is 5.10. The first kappa shape index (κ1) is 17.2. The van der Waals surface area contributed by atoms with Crippen molar-refractivity contribution in [1.82, 2.24) is 0 Å². The topological polar surface area (TPSA) is 80.3 Å².